The first-order chi connectivity index (χ1) is 9.11. The summed E-state index contributed by atoms with van der Waals surface area (Å²) in [6.07, 6.45) is 3.04. The van der Waals surface area contributed by atoms with Gasteiger partial charge in [0.25, 0.3) is 0 Å². The standard InChI is InChI=1S/C11H19N5O2S/c1-2-5-16-10(18)14-15-11(16)19-6-8(9(12)17)13-7-3-4-7/h7-8,13H,2-6H2,1H3,(H2,12,17)(H,14,18). The third-order valence-corrected chi connectivity index (χ3v) is 3.98. The summed E-state index contributed by atoms with van der Waals surface area (Å²) in [7, 11) is 0. The van der Waals surface area contributed by atoms with E-state index in [1.807, 2.05) is 6.92 Å². The van der Waals surface area contributed by atoms with Gasteiger partial charge in [0, 0.05) is 18.3 Å². The molecule has 0 bridgehead atoms. The second kappa shape index (κ2) is 6.25. The molecule has 2 rings (SSSR count). The summed E-state index contributed by atoms with van der Waals surface area (Å²) < 4.78 is 1.58. The van der Waals surface area contributed by atoms with Crippen molar-refractivity contribution in [3.05, 3.63) is 10.5 Å². The fourth-order valence-electron chi connectivity index (χ4n) is 1.74. The number of nitrogens with two attached hydrogens (primary N) is 1. The Hall–Kier alpha value is -1.28. The lowest BCUT2D eigenvalue weighted by molar-refractivity contribution is -0.119. The summed E-state index contributed by atoms with van der Waals surface area (Å²) in [5, 5.41) is 10.2. The van der Waals surface area contributed by atoms with Gasteiger partial charge in [-0.3, -0.25) is 9.36 Å². The number of rotatable bonds is 8. The zero-order valence-corrected chi connectivity index (χ0v) is 11.7. The van der Waals surface area contributed by atoms with Crippen LogP contribution in [-0.2, 0) is 11.3 Å². The molecule has 1 aromatic heterocycles. The molecule has 0 aromatic carbocycles. The third kappa shape index (κ3) is 3.84. The van der Waals surface area contributed by atoms with E-state index in [-0.39, 0.29) is 17.6 Å². The van der Waals surface area contributed by atoms with E-state index >= 15 is 0 Å². The maximum atomic E-state index is 11.5. The number of aromatic amines is 1. The predicted octanol–water partition coefficient (Wildman–Crippen LogP) is -0.321. The lowest BCUT2D eigenvalue weighted by Crippen LogP contribution is -2.44. The van der Waals surface area contributed by atoms with Gasteiger partial charge in [-0.15, -0.1) is 5.10 Å². The molecule has 0 spiro atoms. The fraction of sp³-hybridized carbons (Fsp3) is 0.727. The van der Waals surface area contributed by atoms with Crippen molar-refractivity contribution in [1.82, 2.24) is 20.1 Å². The molecule has 1 aliphatic carbocycles. The summed E-state index contributed by atoms with van der Waals surface area (Å²) in [5.41, 5.74) is 5.15. The molecular formula is C11H19N5O2S. The lowest BCUT2D eigenvalue weighted by atomic mass is 10.3. The van der Waals surface area contributed by atoms with Gasteiger partial charge in [-0.25, -0.2) is 9.89 Å². The van der Waals surface area contributed by atoms with Gasteiger partial charge in [0.2, 0.25) is 5.91 Å². The van der Waals surface area contributed by atoms with Gasteiger partial charge < -0.3 is 11.1 Å². The number of carbonyl (C=O) groups excluding carboxylic acids is 1. The van der Waals surface area contributed by atoms with Crippen molar-refractivity contribution in [2.45, 2.75) is 50.0 Å². The first-order valence-corrected chi connectivity index (χ1v) is 7.43. The number of carbonyl (C=O) groups is 1. The molecule has 7 nitrogen and oxygen atoms in total. The zero-order valence-electron chi connectivity index (χ0n) is 10.9. The second-order valence-electron chi connectivity index (χ2n) is 4.67. The number of nitrogens with one attached hydrogen (secondary N) is 2. The molecule has 1 aliphatic rings. The van der Waals surface area contributed by atoms with Gasteiger partial charge in [0.05, 0.1) is 6.04 Å². The van der Waals surface area contributed by atoms with Crippen LogP contribution in [0, 0.1) is 0 Å². The Morgan fingerprint density at radius 1 is 1.68 bits per heavy atom. The van der Waals surface area contributed by atoms with E-state index in [4.69, 9.17) is 5.73 Å². The van der Waals surface area contributed by atoms with Crippen LogP contribution >= 0.6 is 11.8 Å². The van der Waals surface area contributed by atoms with Crippen molar-refractivity contribution >= 4 is 17.7 Å². The smallest absolute Gasteiger partial charge is 0.343 e. The zero-order chi connectivity index (χ0) is 13.8. The minimum atomic E-state index is -0.376. The predicted molar refractivity (Wildman–Crippen MR) is 73.0 cm³/mol. The lowest BCUT2D eigenvalue weighted by Gasteiger charge is -2.14. The number of thioether (sulfide) groups is 1. The summed E-state index contributed by atoms with van der Waals surface area (Å²) in [5.74, 6) is 0.124. The maximum Gasteiger partial charge on any atom is 0.343 e. The van der Waals surface area contributed by atoms with Crippen molar-refractivity contribution in [2.75, 3.05) is 5.75 Å². The van der Waals surface area contributed by atoms with Gasteiger partial charge in [-0.2, -0.15) is 0 Å². The Bertz CT molecular complexity index is 494. The van der Waals surface area contributed by atoms with Gasteiger partial charge in [0.1, 0.15) is 0 Å². The van der Waals surface area contributed by atoms with Gasteiger partial charge in [-0.1, -0.05) is 18.7 Å². The average Bonchev–Trinajstić information content (AvgIpc) is 3.12. The number of nitrogens with zero attached hydrogens (tertiary/aromatic N) is 2. The largest absolute Gasteiger partial charge is 0.368 e. The molecule has 1 saturated carbocycles. The van der Waals surface area contributed by atoms with E-state index in [2.05, 4.69) is 15.5 Å². The SMILES string of the molecule is CCCn1c(SCC(NC2CC2)C(N)=O)n[nH]c1=O. The summed E-state index contributed by atoms with van der Waals surface area (Å²) in [6, 6.07) is 0.0366. The second-order valence-corrected chi connectivity index (χ2v) is 5.66. The molecule has 1 atom stereocenters. The Morgan fingerprint density at radius 2 is 2.42 bits per heavy atom. The molecule has 1 aromatic rings. The molecule has 1 heterocycles. The Morgan fingerprint density at radius 3 is 3.00 bits per heavy atom. The van der Waals surface area contributed by atoms with E-state index in [9.17, 15) is 9.59 Å². The molecule has 19 heavy (non-hydrogen) atoms. The van der Waals surface area contributed by atoms with E-state index in [1.54, 1.807) is 4.57 Å². The van der Waals surface area contributed by atoms with Crippen molar-refractivity contribution in [3.8, 4) is 0 Å². The fourth-order valence-corrected chi connectivity index (χ4v) is 2.76. The van der Waals surface area contributed by atoms with E-state index < -0.39 is 0 Å². The molecule has 1 fully saturated rings. The van der Waals surface area contributed by atoms with Crippen molar-refractivity contribution in [3.63, 3.8) is 0 Å². The van der Waals surface area contributed by atoms with Crippen LogP contribution in [-0.4, -0.2) is 38.5 Å². The number of amides is 1. The Balaban J connectivity index is 1.95. The number of H-pyrrole nitrogens is 1. The monoisotopic (exact) mass is 285 g/mol. The number of aromatic nitrogens is 3. The van der Waals surface area contributed by atoms with Crippen molar-refractivity contribution in [1.29, 1.82) is 0 Å². The number of hydrogen-bond donors (Lipinski definition) is 3. The van der Waals surface area contributed by atoms with Crippen molar-refractivity contribution in [2.24, 2.45) is 5.73 Å². The summed E-state index contributed by atoms with van der Waals surface area (Å²) in [6.45, 7) is 2.61. The van der Waals surface area contributed by atoms with Gasteiger partial charge >= 0.3 is 5.69 Å². The Labute approximate surface area is 115 Å². The molecule has 4 N–H and O–H groups in total. The molecule has 1 amide bonds. The van der Waals surface area contributed by atoms with Crippen LogP contribution in [0.25, 0.3) is 0 Å². The molecule has 106 valence electrons. The van der Waals surface area contributed by atoms with Gasteiger partial charge in [0.15, 0.2) is 5.16 Å². The van der Waals surface area contributed by atoms with Crippen LogP contribution < -0.4 is 16.7 Å². The molecule has 0 saturated heterocycles. The molecule has 1 unspecified atom stereocenters. The third-order valence-electron chi connectivity index (χ3n) is 2.91. The summed E-state index contributed by atoms with van der Waals surface area (Å²) >= 11 is 1.37. The maximum absolute atomic E-state index is 11.5. The van der Waals surface area contributed by atoms with E-state index in [0.717, 1.165) is 19.3 Å². The number of hydrogen-bond acceptors (Lipinski definition) is 5. The van der Waals surface area contributed by atoms with Crippen LogP contribution in [0.5, 0.6) is 0 Å². The first-order valence-electron chi connectivity index (χ1n) is 6.45. The van der Waals surface area contributed by atoms with Crippen LogP contribution in [0.15, 0.2) is 9.95 Å². The van der Waals surface area contributed by atoms with Crippen LogP contribution in [0.1, 0.15) is 26.2 Å². The highest BCUT2D eigenvalue weighted by Gasteiger charge is 2.27. The highest BCUT2D eigenvalue weighted by Crippen LogP contribution is 2.21. The normalized spacial score (nSPS) is 16.5. The van der Waals surface area contributed by atoms with E-state index in [1.165, 1.54) is 11.8 Å². The average molecular weight is 285 g/mol. The van der Waals surface area contributed by atoms with E-state index in [0.29, 0.717) is 23.5 Å². The molecule has 0 radical (unpaired) electrons. The minimum absolute atomic E-state index is 0.213. The quantitative estimate of drug-likeness (QED) is 0.568. The number of primary amides is 1. The minimum Gasteiger partial charge on any atom is -0.368 e. The molecule has 0 aliphatic heterocycles. The topological polar surface area (TPSA) is 106 Å². The van der Waals surface area contributed by atoms with Crippen molar-refractivity contribution < 1.29 is 4.79 Å². The van der Waals surface area contributed by atoms with Gasteiger partial charge in [-0.05, 0) is 19.3 Å². The highest BCUT2D eigenvalue weighted by atomic mass is 32.2. The first kappa shape index (κ1) is 14.1. The summed E-state index contributed by atoms with van der Waals surface area (Å²) in [4.78, 5) is 22.9. The van der Waals surface area contributed by atoms with Crippen LogP contribution in [0.2, 0.25) is 0 Å². The van der Waals surface area contributed by atoms with Crippen LogP contribution in [0.4, 0.5) is 0 Å². The highest BCUT2D eigenvalue weighted by molar-refractivity contribution is 7.99. The molecule has 8 heteroatoms. The Kier molecular flexibility index (Phi) is 4.65. The molecular weight excluding hydrogens is 266 g/mol. The van der Waals surface area contributed by atoms with Crippen LogP contribution in [0.3, 0.4) is 0 Å².